The lowest BCUT2D eigenvalue weighted by atomic mass is 10.3. The van der Waals surface area contributed by atoms with E-state index in [1.165, 1.54) is 0 Å². The molecule has 16 heavy (non-hydrogen) atoms. The van der Waals surface area contributed by atoms with Crippen LogP contribution in [0.5, 0.6) is 0 Å². The Hall–Kier alpha value is -1.26. The van der Waals surface area contributed by atoms with Crippen molar-refractivity contribution in [1.82, 2.24) is 4.98 Å². The maximum Gasteiger partial charge on any atom is 0.132 e. The molecule has 3 nitrogen and oxygen atoms in total. The molecule has 0 saturated heterocycles. The van der Waals surface area contributed by atoms with E-state index in [2.05, 4.69) is 26.2 Å². The van der Waals surface area contributed by atoms with Gasteiger partial charge in [-0.1, -0.05) is 17.7 Å². The summed E-state index contributed by atoms with van der Waals surface area (Å²) in [4.78, 5) is 4.14. The summed E-state index contributed by atoms with van der Waals surface area (Å²) in [5.74, 6) is 1.16. The number of pyridine rings is 1. The SMILES string of the molecule is Nc1cccc(Nc2cc(Cl)ccc2Br)n1. The summed E-state index contributed by atoms with van der Waals surface area (Å²) < 4.78 is 0.918. The number of benzene rings is 1. The summed E-state index contributed by atoms with van der Waals surface area (Å²) in [5, 5.41) is 3.79. The zero-order chi connectivity index (χ0) is 11.5. The van der Waals surface area contributed by atoms with Crippen molar-refractivity contribution in [2.24, 2.45) is 0 Å². The molecule has 0 radical (unpaired) electrons. The number of nitrogens with two attached hydrogens (primary N) is 1. The summed E-state index contributed by atoms with van der Waals surface area (Å²) in [6.45, 7) is 0. The van der Waals surface area contributed by atoms with Gasteiger partial charge in [0.25, 0.3) is 0 Å². The van der Waals surface area contributed by atoms with Crippen LogP contribution in [-0.4, -0.2) is 4.98 Å². The molecule has 0 aliphatic carbocycles. The molecule has 1 heterocycles. The molecule has 3 N–H and O–H groups in total. The molecule has 0 unspecified atom stereocenters. The lowest BCUT2D eigenvalue weighted by Gasteiger charge is -2.08. The van der Waals surface area contributed by atoms with Gasteiger partial charge in [-0.25, -0.2) is 4.98 Å². The van der Waals surface area contributed by atoms with Crippen LogP contribution in [0, 0.1) is 0 Å². The number of halogens is 2. The molecule has 0 saturated carbocycles. The topological polar surface area (TPSA) is 50.9 Å². The largest absolute Gasteiger partial charge is 0.384 e. The molecular formula is C11H9BrClN3. The summed E-state index contributed by atoms with van der Waals surface area (Å²) >= 11 is 9.33. The van der Waals surface area contributed by atoms with E-state index >= 15 is 0 Å². The molecule has 0 aliphatic heterocycles. The molecule has 0 spiro atoms. The van der Waals surface area contributed by atoms with Crippen LogP contribution in [-0.2, 0) is 0 Å². The zero-order valence-corrected chi connectivity index (χ0v) is 10.6. The van der Waals surface area contributed by atoms with E-state index in [-0.39, 0.29) is 0 Å². The van der Waals surface area contributed by atoms with Crippen molar-refractivity contribution in [3.05, 3.63) is 45.9 Å². The minimum absolute atomic E-state index is 0.475. The molecular weight excluding hydrogens is 289 g/mol. The number of nitrogens with zero attached hydrogens (tertiary/aromatic N) is 1. The second kappa shape index (κ2) is 4.72. The van der Waals surface area contributed by atoms with E-state index in [0.29, 0.717) is 16.7 Å². The molecule has 0 atom stereocenters. The van der Waals surface area contributed by atoms with Gasteiger partial charge in [-0.05, 0) is 46.3 Å². The van der Waals surface area contributed by atoms with Crippen molar-refractivity contribution in [2.75, 3.05) is 11.1 Å². The summed E-state index contributed by atoms with van der Waals surface area (Å²) in [7, 11) is 0. The minimum atomic E-state index is 0.475. The summed E-state index contributed by atoms with van der Waals surface area (Å²) in [6, 6.07) is 10.9. The zero-order valence-electron chi connectivity index (χ0n) is 8.24. The summed E-state index contributed by atoms with van der Waals surface area (Å²) in [6.07, 6.45) is 0. The Kier molecular flexibility index (Phi) is 3.31. The van der Waals surface area contributed by atoms with Crippen LogP contribution in [0.25, 0.3) is 0 Å². The quantitative estimate of drug-likeness (QED) is 0.886. The van der Waals surface area contributed by atoms with Crippen molar-refractivity contribution >= 4 is 44.9 Å². The van der Waals surface area contributed by atoms with Gasteiger partial charge >= 0.3 is 0 Å². The number of anilines is 3. The molecule has 1 aromatic heterocycles. The predicted octanol–water partition coefficient (Wildman–Crippen LogP) is 3.82. The van der Waals surface area contributed by atoms with Crippen molar-refractivity contribution in [1.29, 1.82) is 0 Å². The highest BCUT2D eigenvalue weighted by Gasteiger charge is 2.02. The van der Waals surface area contributed by atoms with Gasteiger partial charge in [0.05, 0.1) is 5.69 Å². The lowest BCUT2D eigenvalue weighted by Crippen LogP contribution is -1.97. The Balaban J connectivity index is 2.30. The molecule has 1 aromatic carbocycles. The van der Waals surface area contributed by atoms with Gasteiger partial charge in [0, 0.05) is 9.50 Å². The fraction of sp³-hybridized carbons (Fsp3) is 0. The second-order valence-electron chi connectivity index (χ2n) is 3.20. The Morgan fingerprint density at radius 2 is 2.06 bits per heavy atom. The first-order valence-corrected chi connectivity index (χ1v) is 5.77. The standard InChI is InChI=1S/C11H9BrClN3/c12-8-5-4-7(13)6-9(8)15-11-3-1-2-10(14)16-11/h1-6H,(H3,14,15,16). The van der Waals surface area contributed by atoms with E-state index in [9.17, 15) is 0 Å². The van der Waals surface area contributed by atoms with Gasteiger partial charge in [0.2, 0.25) is 0 Å². The van der Waals surface area contributed by atoms with Crippen LogP contribution in [0.4, 0.5) is 17.3 Å². The molecule has 0 amide bonds. The maximum atomic E-state index is 5.91. The van der Waals surface area contributed by atoms with Crippen LogP contribution < -0.4 is 11.1 Å². The minimum Gasteiger partial charge on any atom is -0.384 e. The van der Waals surface area contributed by atoms with E-state index in [1.807, 2.05) is 30.3 Å². The number of rotatable bonds is 2. The first kappa shape index (κ1) is 11.2. The van der Waals surface area contributed by atoms with Gasteiger partial charge in [-0.3, -0.25) is 0 Å². The average Bonchev–Trinajstić information content (AvgIpc) is 2.24. The highest BCUT2D eigenvalue weighted by atomic mass is 79.9. The van der Waals surface area contributed by atoms with Crippen molar-refractivity contribution < 1.29 is 0 Å². The number of nitrogens with one attached hydrogen (secondary N) is 1. The highest BCUT2D eigenvalue weighted by Crippen LogP contribution is 2.28. The monoisotopic (exact) mass is 297 g/mol. The number of hydrogen-bond acceptors (Lipinski definition) is 3. The molecule has 5 heteroatoms. The Morgan fingerprint density at radius 3 is 2.81 bits per heavy atom. The van der Waals surface area contributed by atoms with Crippen LogP contribution in [0.3, 0.4) is 0 Å². The molecule has 82 valence electrons. The Morgan fingerprint density at radius 1 is 1.25 bits per heavy atom. The predicted molar refractivity (Wildman–Crippen MR) is 71.1 cm³/mol. The van der Waals surface area contributed by atoms with Gasteiger partial charge in [0.1, 0.15) is 11.6 Å². The smallest absolute Gasteiger partial charge is 0.132 e. The fourth-order valence-corrected chi connectivity index (χ4v) is 1.77. The number of hydrogen-bond donors (Lipinski definition) is 2. The lowest BCUT2D eigenvalue weighted by molar-refractivity contribution is 1.31. The maximum absolute atomic E-state index is 5.91. The number of nitrogen functional groups attached to an aromatic ring is 1. The Bertz CT molecular complexity index is 516. The molecule has 2 aromatic rings. The van der Waals surface area contributed by atoms with Gasteiger partial charge < -0.3 is 11.1 Å². The first-order chi connectivity index (χ1) is 7.65. The van der Waals surface area contributed by atoms with Crippen LogP contribution in [0.2, 0.25) is 5.02 Å². The third-order valence-corrected chi connectivity index (χ3v) is 2.89. The van der Waals surface area contributed by atoms with Crippen molar-refractivity contribution in [3.8, 4) is 0 Å². The third-order valence-electron chi connectivity index (χ3n) is 1.96. The fourth-order valence-electron chi connectivity index (χ4n) is 1.25. The highest BCUT2D eigenvalue weighted by molar-refractivity contribution is 9.10. The van der Waals surface area contributed by atoms with Crippen molar-refractivity contribution in [2.45, 2.75) is 0 Å². The van der Waals surface area contributed by atoms with Gasteiger partial charge in [-0.2, -0.15) is 0 Å². The van der Waals surface area contributed by atoms with E-state index in [1.54, 1.807) is 6.07 Å². The molecule has 0 bridgehead atoms. The van der Waals surface area contributed by atoms with E-state index < -0.39 is 0 Å². The van der Waals surface area contributed by atoms with Crippen LogP contribution in [0.15, 0.2) is 40.9 Å². The normalized spacial score (nSPS) is 10.1. The van der Waals surface area contributed by atoms with Crippen LogP contribution in [0.1, 0.15) is 0 Å². The molecule has 0 aliphatic rings. The average molecular weight is 299 g/mol. The van der Waals surface area contributed by atoms with E-state index in [0.717, 1.165) is 10.2 Å². The van der Waals surface area contributed by atoms with Gasteiger partial charge in [-0.15, -0.1) is 0 Å². The molecule has 0 fully saturated rings. The van der Waals surface area contributed by atoms with E-state index in [4.69, 9.17) is 17.3 Å². The second-order valence-corrected chi connectivity index (χ2v) is 4.49. The molecule has 2 rings (SSSR count). The number of aromatic nitrogens is 1. The summed E-state index contributed by atoms with van der Waals surface area (Å²) in [5.41, 5.74) is 6.44. The van der Waals surface area contributed by atoms with Crippen molar-refractivity contribution in [3.63, 3.8) is 0 Å². The van der Waals surface area contributed by atoms with Gasteiger partial charge in [0.15, 0.2) is 0 Å². The first-order valence-electron chi connectivity index (χ1n) is 4.60. The Labute approximate surface area is 107 Å². The van der Waals surface area contributed by atoms with Crippen LogP contribution >= 0.6 is 27.5 Å². The third kappa shape index (κ3) is 2.65.